The Morgan fingerprint density at radius 3 is 1.23 bits per heavy atom. The van der Waals surface area contributed by atoms with Crippen molar-refractivity contribution in [3.05, 3.63) is 12.2 Å². The maximum atomic E-state index is 12.0. The second kappa shape index (κ2) is 11.8. The zero-order valence-electron chi connectivity index (χ0n) is 18.2. The summed E-state index contributed by atoms with van der Waals surface area (Å²) in [6.07, 6.45) is 1.60. The van der Waals surface area contributed by atoms with E-state index < -0.39 is 46.1 Å². The zero-order valence-corrected chi connectivity index (χ0v) is 18.2. The van der Waals surface area contributed by atoms with E-state index in [9.17, 15) is 28.8 Å². The van der Waals surface area contributed by atoms with Crippen molar-refractivity contribution in [3.63, 3.8) is 0 Å². The van der Waals surface area contributed by atoms with Gasteiger partial charge in [0.25, 0.3) is 11.8 Å². The van der Waals surface area contributed by atoms with E-state index in [-0.39, 0.29) is 26.3 Å². The Morgan fingerprint density at radius 1 is 0.667 bits per heavy atom. The van der Waals surface area contributed by atoms with Crippen LogP contribution in [0.4, 0.5) is 0 Å². The van der Waals surface area contributed by atoms with E-state index in [2.05, 4.69) is 10.6 Å². The highest BCUT2D eigenvalue weighted by Gasteiger charge is 2.35. The molecule has 30 heavy (non-hydrogen) atoms. The number of likely N-dealkylation sites (N-methyl/N-ethyl adjacent to an activating group) is 2. The van der Waals surface area contributed by atoms with Crippen molar-refractivity contribution < 1.29 is 38.2 Å². The van der Waals surface area contributed by atoms with Gasteiger partial charge in [0.2, 0.25) is 11.6 Å². The van der Waals surface area contributed by atoms with Gasteiger partial charge >= 0.3 is 11.9 Å². The van der Waals surface area contributed by atoms with Gasteiger partial charge < -0.3 is 20.1 Å². The van der Waals surface area contributed by atoms with E-state index in [1.165, 1.54) is 27.7 Å². The Labute approximate surface area is 175 Å². The van der Waals surface area contributed by atoms with Gasteiger partial charge in [0, 0.05) is 25.2 Å². The number of ketones is 2. The van der Waals surface area contributed by atoms with E-state index in [0.717, 1.165) is 12.2 Å². The highest BCUT2D eigenvalue weighted by atomic mass is 16.5. The van der Waals surface area contributed by atoms with Crippen molar-refractivity contribution in [1.82, 2.24) is 10.6 Å². The van der Waals surface area contributed by atoms with Crippen molar-refractivity contribution in [2.75, 3.05) is 26.3 Å². The molecule has 10 nitrogen and oxygen atoms in total. The van der Waals surface area contributed by atoms with Crippen LogP contribution in [0, 0.1) is 10.8 Å². The summed E-state index contributed by atoms with van der Waals surface area (Å²) in [7, 11) is 0. The van der Waals surface area contributed by atoms with Gasteiger partial charge in [-0.15, -0.1) is 0 Å². The van der Waals surface area contributed by atoms with Crippen molar-refractivity contribution in [1.29, 1.82) is 0 Å². The maximum absolute atomic E-state index is 12.0. The van der Waals surface area contributed by atoms with Crippen molar-refractivity contribution in [2.45, 2.75) is 41.5 Å². The Morgan fingerprint density at radius 2 is 0.967 bits per heavy atom. The van der Waals surface area contributed by atoms with Gasteiger partial charge in [-0.05, 0) is 41.5 Å². The third-order valence-corrected chi connectivity index (χ3v) is 3.82. The molecular formula is C20H30N2O8. The SMILES string of the molecule is CCNC(=O)C(=O)C(C)(C)COC(=O)/C=C/C(=O)OCC(C)(C)C(=O)C(=O)NCC. The summed E-state index contributed by atoms with van der Waals surface area (Å²) in [4.78, 5) is 70.7. The van der Waals surface area contributed by atoms with Gasteiger partial charge in [0.1, 0.15) is 13.2 Å². The summed E-state index contributed by atoms with van der Waals surface area (Å²) in [5.74, 6) is -4.85. The van der Waals surface area contributed by atoms with Crippen LogP contribution in [0.2, 0.25) is 0 Å². The molecule has 0 aromatic carbocycles. The molecule has 0 fully saturated rings. The van der Waals surface area contributed by atoms with E-state index in [4.69, 9.17) is 9.47 Å². The average molecular weight is 426 g/mol. The molecule has 0 rings (SSSR count). The molecule has 2 amide bonds. The van der Waals surface area contributed by atoms with Gasteiger partial charge in [-0.2, -0.15) is 0 Å². The third kappa shape index (κ3) is 8.97. The highest BCUT2D eigenvalue weighted by Crippen LogP contribution is 2.18. The fraction of sp³-hybridized carbons (Fsp3) is 0.600. The van der Waals surface area contributed by atoms with Crippen LogP contribution in [0.3, 0.4) is 0 Å². The lowest BCUT2D eigenvalue weighted by Gasteiger charge is -2.21. The normalized spacial score (nSPS) is 11.5. The Hall–Kier alpha value is -3.04. The standard InChI is InChI=1S/C20H30N2O8/c1-7-21-17(27)15(25)19(3,4)11-29-13(23)9-10-14(24)30-12-20(5,6)16(26)18(28)22-8-2/h9-10H,7-8,11-12H2,1-6H3,(H,21,27)(H,22,28)/b10-9+. The number of Topliss-reactive ketones (excluding diaryl/α,β-unsaturated/α-hetero) is 2. The first-order chi connectivity index (χ1) is 13.8. The lowest BCUT2D eigenvalue weighted by molar-refractivity contribution is -0.151. The molecule has 0 heterocycles. The second-order valence-corrected chi connectivity index (χ2v) is 7.69. The van der Waals surface area contributed by atoms with Crippen LogP contribution in [-0.2, 0) is 38.2 Å². The molecule has 0 saturated heterocycles. The quantitative estimate of drug-likeness (QED) is 0.254. The fourth-order valence-corrected chi connectivity index (χ4v) is 1.96. The molecule has 0 aliphatic heterocycles. The van der Waals surface area contributed by atoms with Crippen LogP contribution >= 0.6 is 0 Å². The summed E-state index contributed by atoms with van der Waals surface area (Å²) in [6.45, 7) is 8.97. The van der Waals surface area contributed by atoms with Crippen LogP contribution in [0.1, 0.15) is 41.5 Å². The Bertz CT molecular complexity index is 662. The fourth-order valence-electron chi connectivity index (χ4n) is 1.96. The smallest absolute Gasteiger partial charge is 0.331 e. The first-order valence-corrected chi connectivity index (χ1v) is 9.45. The topological polar surface area (TPSA) is 145 Å². The van der Waals surface area contributed by atoms with Crippen LogP contribution < -0.4 is 10.6 Å². The van der Waals surface area contributed by atoms with E-state index in [1.54, 1.807) is 13.8 Å². The molecule has 10 heteroatoms. The average Bonchev–Trinajstić information content (AvgIpc) is 2.68. The molecule has 0 atom stereocenters. The number of hydrogen-bond donors (Lipinski definition) is 2. The first-order valence-electron chi connectivity index (χ1n) is 9.45. The van der Waals surface area contributed by atoms with Crippen LogP contribution in [0.5, 0.6) is 0 Å². The summed E-state index contributed by atoms with van der Waals surface area (Å²) < 4.78 is 9.81. The number of ether oxygens (including phenoxy) is 2. The van der Waals surface area contributed by atoms with Crippen LogP contribution in [0.15, 0.2) is 12.2 Å². The zero-order chi connectivity index (χ0) is 23.5. The number of amides is 2. The predicted molar refractivity (Wildman–Crippen MR) is 106 cm³/mol. The number of hydrogen-bond acceptors (Lipinski definition) is 8. The van der Waals surface area contributed by atoms with E-state index >= 15 is 0 Å². The predicted octanol–water partition coefficient (Wildman–Crippen LogP) is 0.0918. The Kier molecular flexibility index (Phi) is 10.6. The molecule has 168 valence electrons. The van der Waals surface area contributed by atoms with Gasteiger partial charge in [0.15, 0.2) is 0 Å². The summed E-state index contributed by atoms with van der Waals surface area (Å²) in [5, 5.41) is 4.75. The second-order valence-electron chi connectivity index (χ2n) is 7.69. The van der Waals surface area contributed by atoms with Crippen LogP contribution in [-0.4, -0.2) is 61.6 Å². The largest absolute Gasteiger partial charge is 0.461 e. The van der Waals surface area contributed by atoms with Crippen molar-refractivity contribution >= 4 is 35.3 Å². The molecule has 0 radical (unpaired) electrons. The maximum Gasteiger partial charge on any atom is 0.331 e. The molecule has 0 saturated carbocycles. The summed E-state index contributed by atoms with van der Waals surface area (Å²) in [5.41, 5.74) is -2.49. The minimum atomic E-state index is -1.24. The Balaban J connectivity index is 4.63. The van der Waals surface area contributed by atoms with Crippen LogP contribution in [0.25, 0.3) is 0 Å². The lowest BCUT2D eigenvalue weighted by Crippen LogP contribution is -2.42. The van der Waals surface area contributed by atoms with E-state index in [0.29, 0.717) is 0 Å². The number of esters is 2. The van der Waals surface area contributed by atoms with Gasteiger partial charge in [-0.3, -0.25) is 19.2 Å². The van der Waals surface area contributed by atoms with Gasteiger partial charge in [-0.25, -0.2) is 9.59 Å². The minimum Gasteiger partial charge on any atom is -0.461 e. The van der Waals surface area contributed by atoms with Crippen molar-refractivity contribution in [3.8, 4) is 0 Å². The lowest BCUT2D eigenvalue weighted by atomic mass is 9.88. The highest BCUT2D eigenvalue weighted by molar-refractivity contribution is 6.38. The molecule has 2 N–H and O–H groups in total. The molecule has 0 aromatic rings. The summed E-state index contributed by atoms with van der Waals surface area (Å²) >= 11 is 0. The molecular weight excluding hydrogens is 396 g/mol. The number of carbonyl (C=O) groups excluding carboxylic acids is 6. The molecule has 0 spiro atoms. The number of rotatable bonds is 12. The molecule has 0 aliphatic rings. The summed E-state index contributed by atoms with van der Waals surface area (Å²) in [6, 6.07) is 0. The third-order valence-electron chi connectivity index (χ3n) is 3.82. The van der Waals surface area contributed by atoms with Gasteiger partial charge in [-0.1, -0.05) is 0 Å². The molecule has 0 bridgehead atoms. The monoisotopic (exact) mass is 426 g/mol. The van der Waals surface area contributed by atoms with Gasteiger partial charge in [0.05, 0.1) is 10.8 Å². The first kappa shape index (κ1) is 27.0. The molecule has 0 unspecified atom stereocenters. The number of carbonyl (C=O) groups is 6. The van der Waals surface area contributed by atoms with Crippen molar-refractivity contribution in [2.24, 2.45) is 10.8 Å². The molecule has 0 aromatic heterocycles. The minimum absolute atomic E-state index is 0.289. The molecule has 0 aliphatic carbocycles. The van der Waals surface area contributed by atoms with E-state index in [1.807, 2.05) is 0 Å². The number of nitrogens with one attached hydrogen (secondary N) is 2.